The Kier molecular flexibility index (Phi) is 3.61. The van der Waals surface area contributed by atoms with Gasteiger partial charge in [-0.1, -0.05) is 6.92 Å². The third-order valence-corrected chi connectivity index (χ3v) is 3.83. The van der Waals surface area contributed by atoms with Gasteiger partial charge in [0, 0.05) is 19.1 Å². The summed E-state index contributed by atoms with van der Waals surface area (Å²) in [4.78, 5) is 4.98. The molecule has 0 aromatic rings. The summed E-state index contributed by atoms with van der Waals surface area (Å²) in [5, 5.41) is 9.03. The van der Waals surface area contributed by atoms with Crippen molar-refractivity contribution in [1.29, 1.82) is 5.26 Å². The van der Waals surface area contributed by atoms with E-state index in [1.54, 1.807) is 0 Å². The molecule has 0 spiro atoms. The van der Waals surface area contributed by atoms with Gasteiger partial charge in [-0.25, -0.2) is 0 Å². The van der Waals surface area contributed by atoms with E-state index in [1.165, 1.54) is 32.4 Å². The van der Waals surface area contributed by atoms with Crippen LogP contribution in [-0.4, -0.2) is 48.1 Å². The molecule has 0 radical (unpaired) electrons. The minimum absolute atomic E-state index is 0.151. The van der Waals surface area contributed by atoms with E-state index in [1.807, 2.05) is 0 Å². The molecule has 0 aromatic carbocycles. The minimum atomic E-state index is 0.151. The highest BCUT2D eigenvalue weighted by atomic mass is 15.3. The molecule has 2 aliphatic rings. The summed E-state index contributed by atoms with van der Waals surface area (Å²) in [5.41, 5.74) is 0. The van der Waals surface area contributed by atoms with Gasteiger partial charge in [0.15, 0.2) is 0 Å². The number of hydrogen-bond donors (Lipinski definition) is 0. The first kappa shape index (κ1) is 10.9. The van der Waals surface area contributed by atoms with Gasteiger partial charge in [-0.15, -0.1) is 0 Å². The van der Waals surface area contributed by atoms with Gasteiger partial charge in [-0.05, 0) is 38.8 Å². The lowest BCUT2D eigenvalue weighted by atomic mass is 10.2. The van der Waals surface area contributed by atoms with Gasteiger partial charge in [0.25, 0.3) is 0 Å². The van der Waals surface area contributed by atoms with Gasteiger partial charge in [0.05, 0.1) is 12.1 Å². The smallest absolute Gasteiger partial charge is 0.0975 e. The molecule has 15 heavy (non-hydrogen) atoms. The average molecular weight is 207 g/mol. The Morgan fingerprint density at radius 1 is 1.33 bits per heavy atom. The second kappa shape index (κ2) is 4.96. The molecule has 2 aliphatic heterocycles. The average Bonchev–Trinajstić information content (AvgIpc) is 2.89. The van der Waals surface area contributed by atoms with Crippen LogP contribution in [0.5, 0.6) is 0 Å². The van der Waals surface area contributed by atoms with Crippen LogP contribution in [0.25, 0.3) is 0 Å². The van der Waals surface area contributed by atoms with Crippen molar-refractivity contribution in [3.05, 3.63) is 0 Å². The predicted octanol–water partition coefficient (Wildman–Crippen LogP) is 1.46. The molecule has 0 saturated carbocycles. The van der Waals surface area contributed by atoms with Crippen molar-refractivity contribution >= 4 is 0 Å². The Balaban J connectivity index is 1.86. The van der Waals surface area contributed by atoms with Crippen molar-refractivity contribution in [1.82, 2.24) is 9.80 Å². The summed E-state index contributed by atoms with van der Waals surface area (Å²) in [6, 6.07) is 3.29. The molecule has 0 aliphatic carbocycles. The Bertz CT molecular complexity index is 240. The Morgan fingerprint density at radius 3 is 2.67 bits per heavy atom. The van der Waals surface area contributed by atoms with E-state index in [0.717, 1.165) is 25.6 Å². The minimum Gasteiger partial charge on any atom is -0.299 e. The molecular weight excluding hydrogens is 186 g/mol. The highest BCUT2D eigenvalue weighted by molar-refractivity contribution is 4.96. The molecule has 0 N–H and O–H groups in total. The van der Waals surface area contributed by atoms with Crippen LogP contribution >= 0.6 is 0 Å². The maximum atomic E-state index is 9.03. The molecule has 2 heterocycles. The molecule has 0 aromatic heterocycles. The van der Waals surface area contributed by atoms with Gasteiger partial charge in [-0.2, -0.15) is 5.26 Å². The van der Waals surface area contributed by atoms with E-state index in [2.05, 4.69) is 22.8 Å². The van der Waals surface area contributed by atoms with Crippen molar-refractivity contribution < 1.29 is 0 Å². The molecule has 2 unspecified atom stereocenters. The highest BCUT2D eigenvalue weighted by Crippen LogP contribution is 2.22. The quantitative estimate of drug-likeness (QED) is 0.702. The van der Waals surface area contributed by atoms with Gasteiger partial charge in [0.2, 0.25) is 0 Å². The number of rotatable bonds is 3. The van der Waals surface area contributed by atoms with Crippen LogP contribution in [0.15, 0.2) is 0 Å². The second-order valence-electron chi connectivity index (χ2n) is 4.73. The first-order valence-corrected chi connectivity index (χ1v) is 6.23. The van der Waals surface area contributed by atoms with Gasteiger partial charge in [-0.3, -0.25) is 9.80 Å². The molecule has 84 valence electrons. The lowest BCUT2D eigenvalue weighted by molar-refractivity contribution is 0.217. The number of nitriles is 1. The molecule has 2 saturated heterocycles. The lowest BCUT2D eigenvalue weighted by Crippen LogP contribution is -2.38. The Labute approximate surface area is 92.7 Å². The molecule has 2 fully saturated rings. The summed E-state index contributed by atoms with van der Waals surface area (Å²) < 4.78 is 0. The Morgan fingerprint density at radius 2 is 2.07 bits per heavy atom. The van der Waals surface area contributed by atoms with Gasteiger partial charge in [0.1, 0.15) is 0 Å². The first-order chi connectivity index (χ1) is 7.35. The third-order valence-electron chi connectivity index (χ3n) is 3.83. The van der Waals surface area contributed by atoms with Crippen LogP contribution in [0.3, 0.4) is 0 Å². The van der Waals surface area contributed by atoms with Gasteiger partial charge < -0.3 is 0 Å². The fraction of sp³-hybridized carbons (Fsp3) is 0.917. The summed E-state index contributed by atoms with van der Waals surface area (Å²) in [6.07, 6.45) is 4.96. The molecule has 2 rings (SSSR count). The van der Waals surface area contributed by atoms with Crippen molar-refractivity contribution in [2.75, 3.05) is 26.2 Å². The molecule has 3 heteroatoms. The monoisotopic (exact) mass is 207 g/mol. The summed E-state index contributed by atoms with van der Waals surface area (Å²) >= 11 is 0. The molecular formula is C12H21N3. The van der Waals surface area contributed by atoms with E-state index in [-0.39, 0.29) is 6.04 Å². The maximum Gasteiger partial charge on any atom is 0.0975 e. The summed E-state index contributed by atoms with van der Waals surface area (Å²) in [7, 11) is 0. The van der Waals surface area contributed by atoms with Crippen molar-refractivity contribution in [3.63, 3.8) is 0 Å². The van der Waals surface area contributed by atoms with E-state index in [4.69, 9.17) is 5.26 Å². The van der Waals surface area contributed by atoms with E-state index in [0.29, 0.717) is 0 Å². The van der Waals surface area contributed by atoms with Crippen molar-refractivity contribution in [3.8, 4) is 6.07 Å². The van der Waals surface area contributed by atoms with Crippen LogP contribution < -0.4 is 0 Å². The summed E-state index contributed by atoms with van der Waals surface area (Å²) in [5.74, 6) is 0. The van der Waals surface area contributed by atoms with Gasteiger partial charge >= 0.3 is 0 Å². The highest BCUT2D eigenvalue weighted by Gasteiger charge is 2.31. The topological polar surface area (TPSA) is 30.3 Å². The fourth-order valence-corrected chi connectivity index (χ4v) is 2.89. The lowest BCUT2D eigenvalue weighted by Gasteiger charge is -2.25. The standard InChI is InChI=1S/C12H21N3/c1-2-11(9-13)15-8-5-12(10-15)14-6-3-4-7-14/h11-12H,2-8,10H2,1H3. The van der Waals surface area contributed by atoms with Crippen LogP contribution in [-0.2, 0) is 0 Å². The second-order valence-corrected chi connectivity index (χ2v) is 4.73. The van der Waals surface area contributed by atoms with Crippen molar-refractivity contribution in [2.45, 2.75) is 44.7 Å². The Hall–Kier alpha value is -0.590. The fourth-order valence-electron chi connectivity index (χ4n) is 2.89. The summed E-state index contributed by atoms with van der Waals surface area (Å²) in [6.45, 7) is 6.90. The van der Waals surface area contributed by atoms with Crippen molar-refractivity contribution in [2.24, 2.45) is 0 Å². The molecule has 3 nitrogen and oxygen atoms in total. The molecule has 0 amide bonds. The zero-order chi connectivity index (χ0) is 10.7. The van der Waals surface area contributed by atoms with Crippen LogP contribution in [0.2, 0.25) is 0 Å². The van der Waals surface area contributed by atoms with Crippen LogP contribution in [0.1, 0.15) is 32.6 Å². The normalized spacial score (nSPS) is 30.5. The maximum absolute atomic E-state index is 9.03. The largest absolute Gasteiger partial charge is 0.299 e. The van der Waals surface area contributed by atoms with E-state index < -0.39 is 0 Å². The van der Waals surface area contributed by atoms with Crippen LogP contribution in [0.4, 0.5) is 0 Å². The first-order valence-electron chi connectivity index (χ1n) is 6.23. The number of nitrogens with zero attached hydrogens (tertiary/aromatic N) is 3. The number of likely N-dealkylation sites (tertiary alicyclic amines) is 2. The predicted molar refractivity (Wildman–Crippen MR) is 60.5 cm³/mol. The molecule has 0 bridgehead atoms. The van der Waals surface area contributed by atoms with E-state index in [9.17, 15) is 0 Å². The van der Waals surface area contributed by atoms with Crippen LogP contribution in [0, 0.1) is 11.3 Å². The zero-order valence-corrected chi connectivity index (χ0v) is 9.65. The third kappa shape index (κ3) is 2.32. The number of hydrogen-bond acceptors (Lipinski definition) is 3. The SMILES string of the molecule is CCC(C#N)N1CCC(N2CCCC2)C1. The molecule has 2 atom stereocenters. The van der Waals surface area contributed by atoms with E-state index >= 15 is 0 Å². The zero-order valence-electron chi connectivity index (χ0n) is 9.65.